The topological polar surface area (TPSA) is 38.3 Å². The summed E-state index contributed by atoms with van der Waals surface area (Å²) in [6, 6.07) is 3.94. The molecule has 0 saturated carbocycles. The molecule has 5 heteroatoms. The lowest BCUT2D eigenvalue weighted by molar-refractivity contribution is 0.402. The molecule has 19 heavy (non-hydrogen) atoms. The zero-order valence-electron chi connectivity index (χ0n) is 12.3. The zero-order chi connectivity index (χ0) is 14.8. The quantitative estimate of drug-likeness (QED) is 0.897. The van der Waals surface area contributed by atoms with Crippen LogP contribution in [0.1, 0.15) is 44.9 Å². The Morgan fingerprint density at radius 1 is 1.37 bits per heavy atom. The number of halogens is 1. The van der Waals surface area contributed by atoms with Crippen LogP contribution in [0.15, 0.2) is 16.6 Å². The summed E-state index contributed by atoms with van der Waals surface area (Å²) >= 11 is 3.49. The van der Waals surface area contributed by atoms with Gasteiger partial charge >= 0.3 is 0 Å². The van der Waals surface area contributed by atoms with E-state index in [1.165, 1.54) is 0 Å². The fourth-order valence-electron chi connectivity index (χ4n) is 1.70. The highest BCUT2D eigenvalue weighted by Crippen LogP contribution is 2.33. The molecule has 1 aromatic rings. The molecule has 1 rings (SSSR count). The zero-order valence-corrected chi connectivity index (χ0v) is 14.7. The Hall–Kier alpha value is -0.390. The molecule has 3 nitrogen and oxygen atoms in total. The average Bonchev–Trinajstić information content (AvgIpc) is 2.30. The first kappa shape index (κ1) is 16.7. The van der Waals surface area contributed by atoms with E-state index in [0.29, 0.717) is 0 Å². The van der Waals surface area contributed by atoms with Crippen molar-refractivity contribution in [2.75, 3.05) is 7.11 Å². The largest absolute Gasteiger partial charge is 0.496 e. The molecule has 0 saturated heterocycles. The number of nitrogens with one attached hydrogen (secondary N) is 1. The van der Waals surface area contributed by atoms with Crippen LogP contribution in [-0.4, -0.2) is 16.1 Å². The van der Waals surface area contributed by atoms with Gasteiger partial charge in [0.05, 0.1) is 22.8 Å². The van der Waals surface area contributed by atoms with E-state index in [2.05, 4.69) is 20.7 Å². The average molecular weight is 348 g/mol. The first-order chi connectivity index (χ1) is 8.68. The van der Waals surface area contributed by atoms with Crippen LogP contribution in [0, 0.1) is 6.92 Å². The molecule has 1 aromatic carbocycles. The molecule has 1 unspecified atom stereocenters. The Balaban J connectivity index is 3.04. The fourth-order valence-corrected chi connectivity index (χ4v) is 2.82. The van der Waals surface area contributed by atoms with Crippen LogP contribution in [0.3, 0.4) is 0 Å². The smallest absolute Gasteiger partial charge is 0.127 e. The number of hydrogen-bond donors (Lipinski definition) is 1. The molecular formula is C14H22BrNO2S. The number of benzene rings is 1. The lowest BCUT2D eigenvalue weighted by Gasteiger charge is -2.24. The Bertz CT molecular complexity index is 483. The van der Waals surface area contributed by atoms with Gasteiger partial charge in [0.15, 0.2) is 0 Å². The maximum atomic E-state index is 12.1. The third kappa shape index (κ3) is 4.04. The van der Waals surface area contributed by atoms with Crippen LogP contribution in [0.2, 0.25) is 0 Å². The molecule has 0 aliphatic rings. The first-order valence-corrected chi connectivity index (χ1v) is 8.13. The van der Waals surface area contributed by atoms with Gasteiger partial charge in [-0.3, -0.25) is 0 Å². The predicted molar refractivity (Wildman–Crippen MR) is 84.9 cm³/mol. The van der Waals surface area contributed by atoms with E-state index < -0.39 is 11.0 Å². The fraction of sp³-hybridized carbons (Fsp3) is 0.571. The second-order valence-electron chi connectivity index (χ2n) is 5.52. The third-order valence-electron chi connectivity index (χ3n) is 2.88. The van der Waals surface area contributed by atoms with Gasteiger partial charge in [-0.25, -0.2) is 8.93 Å². The molecule has 1 N–H and O–H groups in total. The Labute approximate surface area is 126 Å². The summed E-state index contributed by atoms with van der Waals surface area (Å²) in [7, 11) is 0.551. The molecule has 0 aliphatic heterocycles. The summed E-state index contributed by atoms with van der Waals surface area (Å²) in [5.74, 6) is 0.834. The highest BCUT2D eigenvalue weighted by atomic mass is 79.9. The van der Waals surface area contributed by atoms with Crippen LogP contribution in [0.4, 0.5) is 0 Å². The highest BCUT2D eigenvalue weighted by molar-refractivity contribution is 9.10. The van der Waals surface area contributed by atoms with Gasteiger partial charge in [0.2, 0.25) is 0 Å². The van der Waals surface area contributed by atoms with Crippen molar-refractivity contribution in [2.45, 2.75) is 45.4 Å². The molecule has 0 spiro atoms. The van der Waals surface area contributed by atoms with Gasteiger partial charge < -0.3 is 4.74 Å². The van der Waals surface area contributed by atoms with E-state index >= 15 is 0 Å². The van der Waals surface area contributed by atoms with Crippen LogP contribution in [0.5, 0.6) is 5.75 Å². The van der Waals surface area contributed by atoms with Gasteiger partial charge in [0, 0.05) is 21.6 Å². The van der Waals surface area contributed by atoms with Gasteiger partial charge in [0.25, 0.3) is 0 Å². The maximum absolute atomic E-state index is 12.1. The van der Waals surface area contributed by atoms with E-state index in [0.717, 1.165) is 21.3 Å². The van der Waals surface area contributed by atoms with Crippen molar-refractivity contribution in [1.29, 1.82) is 0 Å². The van der Waals surface area contributed by atoms with Gasteiger partial charge in [0.1, 0.15) is 5.75 Å². The number of hydrogen-bond acceptors (Lipinski definition) is 2. The van der Waals surface area contributed by atoms with E-state index in [1.54, 1.807) is 7.11 Å². The van der Waals surface area contributed by atoms with Gasteiger partial charge in [-0.1, -0.05) is 22.0 Å². The monoisotopic (exact) mass is 347 g/mol. The second-order valence-corrected chi connectivity index (χ2v) is 8.37. The van der Waals surface area contributed by atoms with Crippen molar-refractivity contribution in [3.05, 3.63) is 27.7 Å². The highest BCUT2D eigenvalue weighted by Gasteiger charge is 2.23. The molecular weight excluding hydrogens is 326 g/mol. The lowest BCUT2D eigenvalue weighted by atomic mass is 10.0. The van der Waals surface area contributed by atoms with Gasteiger partial charge in [-0.2, -0.15) is 0 Å². The second kappa shape index (κ2) is 6.37. The van der Waals surface area contributed by atoms with Gasteiger partial charge in [-0.15, -0.1) is 0 Å². The number of methoxy groups -OCH3 is 1. The molecule has 0 heterocycles. The third-order valence-corrected chi connectivity index (χ3v) is 5.42. The minimum Gasteiger partial charge on any atom is -0.496 e. The molecule has 0 radical (unpaired) electrons. The minimum absolute atomic E-state index is 0.0400. The van der Waals surface area contributed by atoms with E-state index in [1.807, 2.05) is 46.8 Å². The SMILES string of the molecule is COc1c(C(C)N[S@@](=O)C(C)(C)C)ccc(Br)c1C. The van der Waals surface area contributed by atoms with Crippen LogP contribution in [0.25, 0.3) is 0 Å². The molecule has 0 bridgehead atoms. The van der Waals surface area contributed by atoms with E-state index in [4.69, 9.17) is 4.74 Å². The molecule has 0 amide bonds. The van der Waals surface area contributed by atoms with E-state index in [9.17, 15) is 4.21 Å². The van der Waals surface area contributed by atoms with Crippen LogP contribution in [-0.2, 0) is 11.0 Å². The molecule has 2 atom stereocenters. The molecule has 0 aliphatic carbocycles. The van der Waals surface area contributed by atoms with Gasteiger partial charge in [-0.05, 0) is 40.7 Å². The summed E-state index contributed by atoms with van der Waals surface area (Å²) in [5, 5.41) is 0. The summed E-state index contributed by atoms with van der Waals surface area (Å²) in [5.41, 5.74) is 2.07. The predicted octanol–water partition coefficient (Wildman–Crippen LogP) is 3.88. The summed E-state index contributed by atoms with van der Waals surface area (Å²) in [4.78, 5) is 0. The summed E-state index contributed by atoms with van der Waals surface area (Å²) in [6.45, 7) is 9.85. The van der Waals surface area contributed by atoms with Crippen molar-refractivity contribution in [2.24, 2.45) is 0 Å². The number of rotatable bonds is 4. The maximum Gasteiger partial charge on any atom is 0.127 e. The first-order valence-electron chi connectivity index (χ1n) is 6.19. The van der Waals surface area contributed by atoms with E-state index in [-0.39, 0.29) is 10.8 Å². The van der Waals surface area contributed by atoms with Crippen molar-refractivity contribution in [3.8, 4) is 5.75 Å². The number of ether oxygens (including phenoxy) is 1. The van der Waals surface area contributed by atoms with Crippen LogP contribution >= 0.6 is 15.9 Å². The Morgan fingerprint density at radius 3 is 2.42 bits per heavy atom. The van der Waals surface area contributed by atoms with Crippen LogP contribution < -0.4 is 9.46 Å². The lowest BCUT2D eigenvalue weighted by Crippen LogP contribution is -2.35. The minimum atomic E-state index is -1.11. The summed E-state index contributed by atoms with van der Waals surface area (Å²) in [6.07, 6.45) is 0. The Kier molecular flexibility index (Phi) is 5.59. The van der Waals surface area contributed by atoms with Crippen molar-refractivity contribution >= 4 is 26.9 Å². The molecule has 108 valence electrons. The normalized spacial score (nSPS) is 15.1. The molecule has 0 aromatic heterocycles. The van der Waals surface area contributed by atoms with Crippen molar-refractivity contribution in [3.63, 3.8) is 0 Å². The summed E-state index contributed by atoms with van der Waals surface area (Å²) < 4.78 is 21.5. The van der Waals surface area contributed by atoms with Crippen molar-refractivity contribution < 1.29 is 8.95 Å². The Morgan fingerprint density at radius 2 is 1.95 bits per heavy atom. The standard InChI is InChI=1S/C14H22BrNO2S/c1-9-12(15)8-7-11(13(9)18-6)10(2)16-19(17)14(3,4)5/h7-8,10,16H,1-6H3/t10?,19-/m0/s1. The molecule has 0 fully saturated rings. The van der Waals surface area contributed by atoms with Crippen molar-refractivity contribution in [1.82, 2.24) is 4.72 Å².